The lowest BCUT2D eigenvalue weighted by Gasteiger charge is -2.16. The molecule has 0 bridgehead atoms. The van der Waals surface area contributed by atoms with Gasteiger partial charge in [0.05, 0.1) is 16.7 Å². The van der Waals surface area contributed by atoms with Crippen molar-refractivity contribution < 1.29 is 0 Å². The first-order valence-corrected chi connectivity index (χ1v) is 20.6. The number of hydrogen-bond acceptors (Lipinski definition) is 6. The van der Waals surface area contributed by atoms with Crippen molar-refractivity contribution in [1.29, 1.82) is 0 Å². The quantitative estimate of drug-likeness (QED) is 0.152. The molecule has 0 aliphatic rings. The Balaban J connectivity index is 1.19. The molecule has 11 aromatic rings. The van der Waals surface area contributed by atoms with Crippen LogP contribution in [0.1, 0.15) is 5.56 Å². The zero-order valence-electron chi connectivity index (χ0n) is 33.8. The van der Waals surface area contributed by atoms with E-state index in [1.807, 2.05) is 121 Å². The lowest BCUT2D eigenvalue weighted by Crippen LogP contribution is -2.05. The van der Waals surface area contributed by atoms with E-state index >= 15 is 0 Å². The van der Waals surface area contributed by atoms with E-state index in [1.165, 1.54) is 11.1 Å². The predicted molar refractivity (Wildman–Crippen MR) is 250 cm³/mol. The molecule has 0 amide bonds. The Labute approximate surface area is 358 Å². The molecular weight excluding hydrogens is 759 g/mol. The summed E-state index contributed by atoms with van der Waals surface area (Å²) in [5.41, 5.74) is 11.8. The van der Waals surface area contributed by atoms with E-state index in [4.69, 9.17) is 29.9 Å². The Morgan fingerprint density at radius 2 is 0.710 bits per heavy atom. The SMILES string of the molecule is Cc1cccc(-c2ccc3c(c2)c2ccccc2n3-c2ccc(-c3nc(-c4ccccc4)nc(-c4ccccc4)n3)cc2-c2nc(-c3ccccc3)nc(-c3ccccc3)n2)c1. The summed E-state index contributed by atoms with van der Waals surface area (Å²) in [5.74, 6) is 3.39. The third-order valence-electron chi connectivity index (χ3n) is 11.2. The molecule has 0 fully saturated rings. The summed E-state index contributed by atoms with van der Waals surface area (Å²) in [6.07, 6.45) is 0. The molecule has 0 aliphatic heterocycles. The minimum atomic E-state index is 0.525. The fourth-order valence-corrected chi connectivity index (χ4v) is 8.15. The van der Waals surface area contributed by atoms with E-state index in [1.54, 1.807) is 0 Å². The Morgan fingerprint density at radius 3 is 1.24 bits per heavy atom. The van der Waals surface area contributed by atoms with Crippen LogP contribution in [0.5, 0.6) is 0 Å². The standard InChI is InChI=1S/C55H37N7/c1-36-17-16-26-41(33-36)42-29-31-48-45(34-42)44-27-14-15-28-47(44)62(48)49-32-30-43(54-58-50(37-18-6-2-7-19-37)56-51(59-54)38-20-8-3-9-21-38)35-46(49)55-60-52(39-22-10-4-11-23-39)57-53(61-55)40-24-12-5-13-25-40/h2-35H,1H3. The average Bonchev–Trinajstić information content (AvgIpc) is 3.68. The molecule has 3 heterocycles. The zero-order valence-corrected chi connectivity index (χ0v) is 33.8. The van der Waals surface area contributed by atoms with Gasteiger partial charge in [-0.05, 0) is 54.4 Å². The van der Waals surface area contributed by atoms with Gasteiger partial charge in [-0.15, -0.1) is 0 Å². The number of benzene rings is 8. The smallest absolute Gasteiger partial charge is 0.166 e. The maximum atomic E-state index is 5.27. The van der Waals surface area contributed by atoms with E-state index in [-0.39, 0.29) is 0 Å². The molecule has 62 heavy (non-hydrogen) atoms. The Bertz CT molecular complexity index is 3290. The molecule has 0 N–H and O–H groups in total. The van der Waals surface area contributed by atoms with Crippen molar-refractivity contribution in [2.24, 2.45) is 0 Å². The van der Waals surface area contributed by atoms with Crippen LogP contribution in [0.4, 0.5) is 0 Å². The molecule has 7 heteroatoms. The van der Waals surface area contributed by atoms with Gasteiger partial charge in [-0.2, -0.15) is 0 Å². The molecule has 0 atom stereocenters. The fourth-order valence-electron chi connectivity index (χ4n) is 8.15. The molecule has 11 rings (SSSR count). The maximum Gasteiger partial charge on any atom is 0.166 e. The van der Waals surface area contributed by atoms with Crippen molar-refractivity contribution in [2.45, 2.75) is 6.92 Å². The van der Waals surface area contributed by atoms with E-state index in [2.05, 4.69) is 96.4 Å². The van der Waals surface area contributed by atoms with Gasteiger partial charge in [-0.3, -0.25) is 0 Å². The number of para-hydroxylation sites is 1. The third kappa shape index (κ3) is 6.87. The van der Waals surface area contributed by atoms with E-state index in [9.17, 15) is 0 Å². The summed E-state index contributed by atoms with van der Waals surface area (Å²) >= 11 is 0. The summed E-state index contributed by atoms with van der Waals surface area (Å²) in [5, 5.41) is 2.30. The van der Waals surface area contributed by atoms with Crippen LogP contribution in [-0.4, -0.2) is 34.5 Å². The van der Waals surface area contributed by atoms with Crippen molar-refractivity contribution in [1.82, 2.24) is 34.5 Å². The van der Waals surface area contributed by atoms with Gasteiger partial charge in [0.15, 0.2) is 34.9 Å². The lowest BCUT2D eigenvalue weighted by molar-refractivity contribution is 1.06. The fraction of sp³-hybridized carbons (Fsp3) is 0.0182. The molecule has 0 radical (unpaired) electrons. The lowest BCUT2D eigenvalue weighted by atomic mass is 10.0. The van der Waals surface area contributed by atoms with Crippen molar-refractivity contribution in [3.8, 4) is 85.1 Å². The summed E-state index contributed by atoms with van der Waals surface area (Å²) in [4.78, 5) is 30.8. The minimum absolute atomic E-state index is 0.525. The summed E-state index contributed by atoms with van der Waals surface area (Å²) in [7, 11) is 0. The number of aromatic nitrogens is 7. The Hall–Kier alpha value is -8.42. The molecule has 0 unspecified atom stereocenters. The zero-order chi connectivity index (χ0) is 41.4. The number of aryl methyl sites for hydroxylation is 1. The monoisotopic (exact) mass is 795 g/mol. The van der Waals surface area contributed by atoms with Gasteiger partial charge in [0.1, 0.15) is 0 Å². The van der Waals surface area contributed by atoms with E-state index < -0.39 is 0 Å². The molecular formula is C55H37N7. The van der Waals surface area contributed by atoms with Gasteiger partial charge in [0.2, 0.25) is 0 Å². The Morgan fingerprint density at radius 1 is 0.290 bits per heavy atom. The largest absolute Gasteiger partial charge is 0.309 e. The topological polar surface area (TPSA) is 82.3 Å². The highest BCUT2D eigenvalue weighted by molar-refractivity contribution is 6.11. The van der Waals surface area contributed by atoms with Crippen LogP contribution in [-0.2, 0) is 0 Å². The number of rotatable bonds is 8. The minimum Gasteiger partial charge on any atom is -0.309 e. The van der Waals surface area contributed by atoms with Crippen molar-refractivity contribution in [3.05, 3.63) is 212 Å². The second kappa shape index (κ2) is 15.6. The summed E-state index contributed by atoms with van der Waals surface area (Å²) in [6, 6.07) is 70.6. The van der Waals surface area contributed by atoms with Crippen LogP contribution < -0.4 is 0 Å². The van der Waals surface area contributed by atoms with Crippen LogP contribution in [0.25, 0.3) is 107 Å². The number of nitrogens with zero attached hydrogens (tertiary/aromatic N) is 7. The second-order valence-corrected chi connectivity index (χ2v) is 15.3. The first-order valence-electron chi connectivity index (χ1n) is 20.6. The molecule has 0 spiro atoms. The molecule has 0 saturated carbocycles. The van der Waals surface area contributed by atoms with Crippen molar-refractivity contribution in [2.75, 3.05) is 0 Å². The first kappa shape index (κ1) is 36.6. The average molecular weight is 796 g/mol. The predicted octanol–water partition coefficient (Wildman–Crippen LogP) is 13.1. The first-order chi connectivity index (χ1) is 30.6. The van der Waals surface area contributed by atoms with E-state index in [0.29, 0.717) is 34.9 Å². The van der Waals surface area contributed by atoms with Crippen molar-refractivity contribution >= 4 is 21.8 Å². The van der Waals surface area contributed by atoms with Crippen LogP contribution in [0, 0.1) is 6.92 Å². The highest BCUT2D eigenvalue weighted by atomic mass is 15.1. The molecule has 0 saturated heterocycles. The number of fused-ring (bicyclic) bond motifs is 3. The molecule has 8 aromatic carbocycles. The van der Waals surface area contributed by atoms with Gasteiger partial charge in [0, 0.05) is 44.2 Å². The van der Waals surface area contributed by atoms with E-state index in [0.717, 1.165) is 66.4 Å². The molecule has 3 aromatic heterocycles. The highest BCUT2D eigenvalue weighted by Crippen LogP contribution is 2.40. The second-order valence-electron chi connectivity index (χ2n) is 15.3. The van der Waals surface area contributed by atoms with Gasteiger partial charge >= 0.3 is 0 Å². The maximum absolute atomic E-state index is 5.27. The van der Waals surface area contributed by atoms with Crippen LogP contribution >= 0.6 is 0 Å². The molecule has 7 nitrogen and oxygen atoms in total. The third-order valence-corrected chi connectivity index (χ3v) is 11.2. The van der Waals surface area contributed by atoms with Crippen LogP contribution in [0.3, 0.4) is 0 Å². The summed E-state index contributed by atoms with van der Waals surface area (Å²) in [6.45, 7) is 2.13. The Kier molecular flexibility index (Phi) is 9.24. The number of hydrogen-bond donors (Lipinski definition) is 0. The summed E-state index contributed by atoms with van der Waals surface area (Å²) < 4.78 is 2.33. The normalized spacial score (nSPS) is 11.3. The molecule has 292 valence electrons. The van der Waals surface area contributed by atoms with Crippen LogP contribution in [0.15, 0.2) is 206 Å². The van der Waals surface area contributed by atoms with Gasteiger partial charge in [-0.25, -0.2) is 29.9 Å². The van der Waals surface area contributed by atoms with Crippen molar-refractivity contribution in [3.63, 3.8) is 0 Å². The van der Waals surface area contributed by atoms with Gasteiger partial charge in [-0.1, -0.05) is 175 Å². The molecule has 0 aliphatic carbocycles. The van der Waals surface area contributed by atoms with Gasteiger partial charge in [0.25, 0.3) is 0 Å². The highest BCUT2D eigenvalue weighted by Gasteiger charge is 2.22. The van der Waals surface area contributed by atoms with Gasteiger partial charge < -0.3 is 4.57 Å². The van der Waals surface area contributed by atoms with Crippen LogP contribution in [0.2, 0.25) is 0 Å².